The SMILES string of the molecule is CCOc1nc(OCC)nc(-c2ccccc2C(C)(C)[NH3+])n1.F[B-](F)(F)F. The fourth-order valence-electron chi connectivity index (χ4n) is 2.11. The minimum absolute atomic E-state index is 0.263. The first kappa shape index (κ1) is 22.6. The zero-order valence-electron chi connectivity index (χ0n) is 15.7. The van der Waals surface area contributed by atoms with E-state index in [1.165, 1.54) is 0 Å². The molecular formula is C16H23BF4N4O2. The summed E-state index contributed by atoms with van der Waals surface area (Å²) in [5.74, 6) is 0.536. The first-order valence-electron chi connectivity index (χ1n) is 8.30. The molecule has 6 nitrogen and oxygen atoms in total. The predicted molar refractivity (Wildman–Crippen MR) is 93.7 cm³/mol. The first-order chi connectivity index (χ1) is 12.5. The van der Waals surface area contributed by atoms with Crippen LogP contribution in [0.1, 0.15) is 33.3 Å². The molecule has 0 saturated carbocycles. The summed E-state index contributed by atoms with van der Waals surface area (Å²) in [6, 6.07) is 8.49. The lowest BCUT2D eigenvalue weighted by Gasteiger charge is -2.19. The van der Waals surface area contributed by atoms with Gasteiger partial charge in [0.2, 0.25) is 0 Å². The molecular weight excluding hydrogens is 367 g/mol. The van der Waals surface area contributed by atoms with Gasteiger partial charge in [-0.2, -0.15) is 9.97 Å². The van der Waals surface area contributed by atoms with Crippen LogP contribution in [0.2, 0.25) is 0 Å². The van der Waals surface area contributed by atoms with E-state index in [9.17, 15) is 17.3 Å². The van der Waals surface area contributed by atoms with Gasteiger partial charge in [-0.05, 0) is 27.7 Å². The zero-order valence-corrected chi connectivity index (χ0v) is 15.7. The third-order valence-corrected chi connectivity index (χ3v) is 3.04. The second kappa shape index (κ2) is 9.49. The molecule has 1 heterocycles. The van der Waals surface area contributed by atoms with Crippen molar-refractivity contribution in [3.8, 4) is 23.4 Å². The van der Waals surface area contributed by atoms with Gasteiger partial charge in [-0.25, -0.2) is 0 Å². The van der Waals surface area contributed by atoms with Crippen LogP contribution >= 0.6 is 0 Å². The molecule has 27 heavy (non-hydrogen) atoms. The van der Waals surface area contributed by atoms with E-state index in [1.807, 2.05) is 38.1 Å². The Balaban J connectivity index is 0.000000646. The lowest BCUT2D eigenvalue weighted by molar-refractivity contribution is -0.474. The van der Waals surface area contributed by atoms with Crippen LogP contribution in [0.25, 0.3) is 11.4 Å². The van der Waals surface area contributed by atoms with Crippen molar-refractivity contribution in [2.45, 2.75) is 33.2 Å². The van der Waals surface area contributed by atoms with Gasteiger partial charge in [0.25, 0.3) is 0 Å². The average Bonchev–Trinajstić information content (AvgIpc) is 2.53. The summed E-state index contributed by atoms with van der Waals surface area (Å²) in [4.78, 5) is 12.9. The highest BCUT2D eigenvalue weighted by atomic mass is 19.5. The molecule has 0 fully saturated rings. The summed E-state index contributed by atoms with van der Waals surface area (Å²) in [6.07, 6.45) is 0. The number of hydrogen-bond donors (Lipinski definition) is 1. The van der Waals surface area contributed by atoms with Gasteiger partial charge >= 0.3 is 19.3 Å². The van der Waals surface area contributed by atoms with Crippen LogP contribution in [0.4, 0.5) is 17.3 Å². The fraction of sp³-hybridized carbons (Fsp3) is 0.438. The molecule has 0 saturated heterocycles. The molecule has 2 aromatic rings. The molecule has 0 aliphatic heterocycles. The summed E-state index contributed by atoms with van der Waals surface area (Å²) in [7, 11) is -6.00. The Morgan fingerprint density at radius 3 is 1.78 bits per heavy atom. The van der Waals surface area contributed by atoms with E-state index in [-0.39, 0.29) is 17.6 Å². The Bertz CT molecular complexity index is 709. The maximum absolute atomic E-state index is 9.75. The Morgan fingerprint density at radius 2 is 1.37 bits per heavy atom. The molecule has 0 unspecified atom stereocenters. The normalized spacial score (nSPS) is 11.4. The second-order valence-electron chi connectivity index (χ2n) is 6.01. The van der Waals surface area contributed by atoms with Gasteiger partial charge in [0, 0.05) is 11.1 Å². The van der Waals surface area contributed by atoms with Crippen molar-refractivity contribution in [2.75, 3.05) is 13.2 Å². The van der Waals surface area contributed by atoms with Crippen LogP contribution in [-0.2, 0) is 5.54 Å². The second-order valence-corrected chi connectivity index (χ2v) is 6.01. The molecule has 3 N–H and O–H groups in total. The smallest absolute Gasteiger partial charge is 0.464 e. The van der Waals surface area contributed by atoms with Crippen LogP contribution in [0.3, 0.4) is 0 Å². The summed E-state index contributed by atoms with van der Waals surface area (Å²) in [6.45, 7) is 8.85. The number of hydrogen-bond acceptors (Lipinski definition) is 5. The van der Waals surface area contributed by atoms with Crippen molar-refractivity contribution >= 4 is 7.25 Å². The Kier molecular flexibility index (Phi) is 7.95. The van der Waals surface area contributed by atoms with Crippen LogP contribution < -0.4 is 15.2 Å². The monoisotopic (exact) mass is 390 g/mol. The van der Waals surface area contributed by atoms with Crippen LogP contribution in [-0.4, -0.2) is 35.4 Å². The van der Waals surface area contributed by atoms with E-state index in [2.05, 4.69) is 34.5 Å². The summed E-state index contributed by atoms with van der Waals surface area (Å²) in [5, 5.41) is 0. The average molecular weight is 390 g/mol. The topological polar surface area (TPSA) is 84.8 Å². The van der Waals surface area contributed by atoms with Crippen molar-refractivity contribution in [3.63, 3.8) is 0 Å². The van der Waals surface area contributed by atoms with Crippen LogP contribution in [0.5, 0.6) is 12.0 Å². The van der Waals surface area contributed by atoms with E-state index >= 15 is 0 Å². The molecule has 1 aromatic carbocycles. The van der Waals surface area contributed by atoms with Crippen molar-refractivity contribution in [2.24, 2.45) is 0 Å². The van der Waals surface area contributed by atoms with E-state index in [4.69, 9.17) is 9.47 Å². The van der Waals surface area contributed by atoms with Crippen molar-refractivity contribution < 1.29 is 32.5 Å². The zero-order chi connectivity index (χ0) is 20.7. The number of benzene rings is 1. The largest absolute Gasteiger partial charge is 0.673 e. The standard InChI is InChI=1S/C16H22N4O2.BF4/c1-5-21-14-18-13(19-15(20-14)22-6-2)11-9-7-8-10-12(11)16(3,4)17;2-1(3,4)5/h7-10H,5-6,17H2,1-4H3;/q;-1/p+1. The third-order valence-electron chi connectivity index (χ3n) is 3.04. The fourth-order valence-corrected chi connectivity index (χ4v) is 2.11. The van der Waals surface area contributed by atoms with Crippen LogP contribution in [0.15, 0.2) is 24.3 Å². The van der Waals surface area contributed by atoms with Crippen molar-refractivity contribution in [3.05, 3.63) is 29.8 Å². The minimum atomic E-state index is -6.00. The van der Waals surface area contributed by atoms with Crippen molar-refractivity contribution in [1.82, 2.24) is 15.0 Å². The first-order valence-corrected chi connectivity index (χ1v) is 8.30. The molecule has 0 amide bonds. The van der Waals surface area contributed by atoms with Gasteiger partial charge in [-0.15, -0.1) is 4.98 Å². The number of ether oxygens (including phenoxy) is 2. The summed E-state index contributed by atoms with van der Waals surface area (Å²) in [5.41, 5.74) is 5.92. The van der Waals surface area contributed by atoms with Gasteiger partial charge in [-0.1, -0.05) is 24.3 Å². The highest BCUT2D eigenvalue weighted by molar-refractivity contribution is 6.50. The molecule has 0 bridgehead atoms. The molecule has 0 spiro atoms. The van der Waals surface area contributed by atoms with E-state index in [0.29, 0.717) is 19.0 Å². The van der Waals surface area contributed by atoms with Gasteiger partial charge in [0.05, 0.1) is 13.2 Å². The highest BCUT2D eigenvalue weighted by Crippen LogP contribution is 2.28. The van der Waals surface area contributed by atoms with Gasteiger partial charge in [0.1, 0.15) is 5.54 Å². The summed E-state index contributed by atoms with van der Waals surface area (Å²) >= 11 is 0. The van der Waals surface area contributed by atoms with Gasteiger partial charge in [-0.3, -0.25) is 0 Å². The molecule has 1 aromatic heterocycles. The summed E-state index contributed by atoms with van der Waals surface area (Å²) < 4.78 is 49.8. The molecule has 0 aliphatic carbocycles. The molecule has 0 radical (unpaired) electrons. The van der Waals surface area contributed by atoms with Crippen LogP contribution in [0, 0.1) is 0 Å². The Hall–Kier alpha value is -2.43. The van der Waals surface area contributed by atoms with E-state index in [1.54, 1.807) is 0 Å². The maximum atomic E-state index is 9.75. The number of halogens is 4. The number of quaternary nitrogens is 1. The molecule has 150 valence electrons. The minimum Gasteiger partial charge on any atom is -0.464 e. The maximum Gasteiger partial charge on any atom is 0.673 e. The van der Waals surface area contributed by atoms with Gasteiger partial charge in [0.15, 0.2) is 5.82 Å². The Labute approximate surface area is 155 Å². The molecule has 11 heteroatoms. The quantitative estimate of drug-likeness (QED) is 0.605. The van der Waals surface area contributed by atoms with Gasteiger partial charge < -0.3 is 32.5 Å². The highest BCUT2D eigenvalue weighted by Gasteiger charge is 2.24. The van der Waals surface area contributed by atoms with Crippen molar-refractivity contribution in [1.29, 1.82) is 0 Å². The lowest BCUT2D eigenvalue weighted by Crippen LogP contribution is -2.66. The number of nitrogens with zero attached hydrogens (tertiary/aromatic N) is 3. The lowest BCUT2D eigenvalue weighted by atomic mass is 9.90. The third kappa shape index (κ3) is 8.20. The Morgan fingerprint density at radius 1 is 0.926 bits per heavy atom. The molecule has 0 aliphatic rings. The van der Waals surface area contributed by atoms with E-state index < -0.39 is 7.25 Å². The predicted octanol–water partition coefficient (Wildman–Crippen LogP) is 3.11. The molecule has 0 atom stereocenters. The number of rotatable bonds is 6. The molecule has 2 rings (SSSR count). The van der Waals surface area contributed by atoms with E-state index in [0.717, 1.165) is 11.1 Å². The number of aromatic nitrogens is 3.